The second kappa shape index (κ2) is 12.2. The highest BCUT2D eigenvalue weighted by Gasteiger charge is 2.51. The van der Waals surface area contributed by atoms with E-state index >= 15 is 8.78 Å². The van der Waals surface area contributed by atoms with Crippen molar-refractivity contribution in [3.8, 4) is 0 Å². The number of nitrogens with one attached hydrogen (secondary N) is 2. The zero-order valence-electron chi connectivity index (χ0n) is 25.5. The molecule has 3 aliphatic heterocycles. The van der Waals surface area contributed by atoms with Crippen molar-refractivity contribution in [1.29, 1.82) is 0 Å². The number of hydrogen-bond donors (Lipinski definition) is 2. The SMILES string of the molecule is CC1C(c2c(F)ccc(F)c2F)CC2NC(=O)c3cc4c(cn3)C[C@]3(C4)C(=O)Nc4ncc(cc43)/C=C\COCCOCCN1C2=O. The first-order valence-electron chi connectivity index (χ1n) is 15.5. The number of anilines is 1. The molecule has 1 saturated heterocycles. The maximum Gasteiger partial charge on any atom is 0.270 e. The van der Waals surface area contributed by atoms with Gasteiger partial charge in [-0.05, 0) is 67.1 Å². The summed E-state index contributed by atoms with van der Waals surface area (Å²) >= 11 is 0. The molecule has 1 aromatic carbocycles. The van der Waals surface area contributed by atoms with Crippen LogP contribution in [0.2, 0.25) is 0 Å². The topological polar surface area (TPSA) is 123 Å². The van der Waals surface area contributed by atoms with Crippen LogP contribution < -0.4 is 10.6 Å². The average Bonchev–Trinajstić information content (AvgIpc) is 3.57. The minimum absolute atomic E-state index is 0.0253. The van der Waals surface area contributed by atoms with Crippen molar-refractivity contribution in [2.75, 3.05) is 38.3 Å². The van der Waals surface area contributed by atoms with Gasteiger partial charge in [0.05, 0.1) is 31.8 Å². The molecule has 4 atom stereocenters. The Morgan fingerprint density at radius 3 is 2.60 bits per heavy atom. The zero-order chi connectivity index (χ0) is 32.9. The molecule has 1 spiro atoms. The number of hydrogen-bond acceptors (Lipinski definition) is 7. The Labute approximate surface area is 268 Å². The maximum absolute atomic E-state index is 15.0. The number of fused-ring (bicyclic) bond motifs is 4. The average molecular weight is 648 g/mol. The fraction of sp³-hybridized carbons (Fsp3) is 0.382. The van der Waals surface area contributed by atoms with E-state index in [0.29, 0.717) is 31.3 Å². The van der Waals surface area contributed by atoms with Crippen LogP contribution in [0.3, 0.4) is 0 Å². The van der Waals surface area contributed by atoms with Crippen LogP contribution in [-0.4, -0.2) is 77.6 Å². The number of benzene rings is 1. The lowest BCUT2D eigenvalue weighted by Crippen LogP contribution is -2.58. The van der Waals surface area contributed by atoms with E-state index < -0.39 is 58.2 Å². The van der Waals surface area contributed by atoms with Crippen LogP contribution in [0.5, 0.6) is 0 Å². The van der Waals surface area contributed by atoms with E-state index in [-0.39, 0.29) is 44.4 Å². The van der Waals surface area contributed by atoms with Gasteiger partial charge < -0.3 is 25.0 Å². The summed E-state index contributed by atoms with van der Waals surface area (Å²) in [5.41, 5.74) is 1.76. The number of piperidine rings is 1. The summed E-state index contributed by atoms with van der Waals surface area (Å²) in [6.45, 7) is 2.59. The Hall–Kier alpha value is -4.62. The lowest BCUT2D eigenvalue weighted by atomic mass is 9.79. The first-order chi connectivity index (χ1) is 22.7. The Balaban J connectivity index is 1.22. The minimum atomic E-state index is -1.33. The van der Waals surface area contributed by atoms with Gasteiger partial charge in [-0.1, -0.05) is 12.2 Å². The van der Waals surface area contributed by atoms with Crippen molar-refractivity contribution < 1.29 is 37.0 Å². The number of amides is 3. The molecular weight excluding hydrogens is 615 g/mol. The summed E-state index contributed by atoms with van der Waals surface area (Å²) in [5, 5.41) is 5.60. The van der Waals surface area contributed by atoms with E-state index in [1.54, 1.807) is 25.4 Å². The highest BCUT2D eigenvalue weighted by molar-refractivity contribution is 6.06. The molecule has 10 nitrogen and oxygen atoms in total. The summed E-state index contributed by atoms with van der Waals surface area (Å²) in [5.74, 6) is -5.27. The summed E-state index contributed by atoms with van der Waals surface area (Å²) in [7, 11) is 0. The molecule has 2 N–H and O–H groups in total. The van der Waals surface area contributed by atoms with Crippen LogP contribution in [0.15, 0.2) is 42.7 Å². The number of ether oxygens (including phenoxy) is 2. The molecule has 4 aliphatic rings. The number of nitrogens with zero attached hydrogens (tertiary/aromatic N) is 3. The second-order valence-electron chi connectivity index (χ2n) is 12.4. The summed E-state index contributed by atoms with van der Waals surface area (Å²) < 4.78 is 55.7. The lowest BCUT2D eigenvalue weighted by molar-refractivity contribution is -0.140. The number of aromatic nitrogens is 2. The monoisotopic (exact) mass is 647 g/mol. The fourth-order valence-corrected chi connectivity index (χ4v) is 7.22. The number of rotatable bonds is 1. The molecule has 13 heteroatoms. The first kappa shape index (κ1) is 31.0. The lowest BCUT2D eigenvalue weighted by Gasteiger charge is -2.43. The van der Waals surface area contributed by atoms with Gasteiger partial charge in [0.25, 0.3) is 5.91 Å². The highest BCUT2D eigenvalue weighted by Crippen LogP contribution is 2.47. The van der Waals surface area contributed by atoms with Crippen LogP contribution in [-0.2, 0) is 37.3 Å². The van der Waals surface area contributed by atoms with Crippen molar-refractivity contribution in [3.63, 3.8) is 0 Å². The van der Waals surface area contributed by atoms with Crippen LogP contribution in [0.25, 0.3) is 6.08 Å². The second-order valence-corrected chi connectivity index (χ2v) is 12.4. The van der Waals surface area contributed by atoms with Crippen molar-refractivity contribution in [3.05, 3.63) is 93.7 Å². The van der Waals surface area contributed by atoms with E-state index in [0.717, 1.165) is 28.3 Å². The van der Waals surface area contributed by atoms with Crippen LogP contribution in [0.1, 0.15) is 57.6 Å². The van der Waals surface area contributed by atoms with Gasteiger partial charge in [0, 0.05) is 42.0 Å². The van der Waals surface area contributed by atoms with E-state index in [1.807, 2.05) is 18.2 Å². The molecule has 0 radical (unpaired) electrons. The fourth-order valence-electron chi connectivity index (χ4n) is 7.22. The van der Waals surface area contributed by atoms with E-state index in [2.05, 4.69) is 20.6 Å². The molecular formula is C34H32F3N5O5. The van der Waals surface area contributed by atoms with Gasteiger partial charge in [0.1, 0.15) is 23.4 Å². The smallest absolute Gasteiger partial charge is 0.270 e. The van der Waals surface area contributed by atoms with Crippen LogP contribution in [0.4, 0.5) is 19.0 Å². The molecule has 2 aromatic heterocycles. The van der Waals surface area contributed by atoms with Gasteiger partial charge >= 0.3 is 0 Å². The molecule has 3 unspecified atom stereocenters. The van der Waals surface area contributed by atoms with E-state index in [9.17, 15) is 18.8 Å². The number of carbonyl (C=O) groups is 3. The standard InChI is InChI=1S/C34H32F3N5O5/c1-18-22(28-24(35)4-5-25(36)29(28)37)13-27-32(44)42(18)6-8-47-10-9-46-7-2-3-19-11-23-30(39-16-19)41-33(45)34(23)14-20-12-26(31(43)40-27)38-17-21(20)15-34/h2-5,11-12,16-18,22,27H,6-10,13-15H2,1H3,(H,40,43)(H,39,41,45)/b3-2-/t18?,22?,27?,34-/m0/s1. The molecule has 1 fully saturated rings. The van der Waals surface area contributed by atoms with Gasteiger partial charge in [-0.2, -0.15) is 0 Å². The van der Waals surface area contributed by atoms with Crippen molar-refractivity contribution >= 4 is 29.6 Å². The Morgan fingerprint density at radius 1 is 0.957 bits per heavy atom. The number of halogens is 3. The van der Waals surface area contributed by atoms with Crippen molar-refractivity contribution in [2.24, 2.45) is 0 Å². The zero-order valence-corrected chi connectivity index (χ0v) is 25.5. The van der Waals surface area contributed by atoms with Crippen molar-refractivity contribution in [2.45, 2.75) is 49.6 Å². The summed E-state index contributed by atoms with van der Waals surface area (Å²) in [6.07, 6.45) is 7.46. The highest BCUT2D eigenvalue weighted by atomic mass is 19.2. The predicted molar refractivity (Wildman–Crippen MR) is 163 cm³/mol. The van der Waals surface area contributed by atoms with Crippen molar-refractivity contribution in [1.82, 2.24) is 20.2 Å². The van der Waals surface area contributed by atoms with Crippen LogP contribution >= 0.6 is 0 Å². The Bertz CT molecular complexity index is 1820. The molecule has 7 rings (SSSR count). The molecule has 1 aliphatic carbocycles. The third-order valence-electron chi connectivity index (χ3n) is 9.66. The molecule has 47 heavy (non-hydrogen) atoms. The van der Waals surface area contributed by atoms with Gasteiger partial charge in [0.2, 0.25) is 11.8 Å². The molecule has 3 amide bonds. The van der Waals surface area contributed by atoms with Gasteiger partial charge in [0.15, 0.2) is 11.6 Å². The van der Waals surface area contributed by atoms with Crippen LogP contribution in [0, 0.1) is 17.5 Å². The Morgan fingerprint density at radius 2 is 1.74 bits per heavy atom. The molecule has 5 heterocycles. The van der Waals surface area contributed by atoms with Gasteiger partial charge in [-0.25, -0.2) is 18.2 Å². The number of pyridine rings is 2. The maximum atomic E-state index is 15.0. The third kappa shape index (κ3) is 5.46. The summed E-state index contributed by atoms with van der Waals surface area (Å²) in [4.78, 5) is 50.9. The minimum Gasteiger partial charge on any atom is -0.377 e. The molecule has 244 valence electrons. The molecule has 3 aromatic rings. The normalized spacial score (nSPS) is 26.8. The van der Waals surface area contributed by atoms with E-state index in [1.165, 1.54) is 4.90 Å². The largest absolute Gasteiger partial charge is 0.377 e. The third-order valence-corrected chi connectivity index (χ3v) is 9.66. The predicted octanol–water partition coefficient (Wildman–Crippen LogP) is 3.45. The van der Waals surface area contributed by atoms with Gasteiger partial charge in [-0.15, -0.1) is 0 Å². The summed E-state index contributed by atoms with van der Waals surface area (Å²) in [6, 6.07) is 3.19. The molecule has 0 saturated carbocycles. The number of carbonyl (C=O) groups excluding carboxylic acids is 3. The Kier molecular flexibility index (Phi) is 8.04. The van der Waals surface area contributed by atoms with Gasteiger partial charge in [-0.3, -0.25) is 19.4 Å². The van der Waals surface area contributed by atoms with E-state index in [4.69, 9.17) is 9.47 Å². The quantitative estimate of drug-likeness (QED) is 0.388. The molecule has 7 bridgehead atoms. The first-order valence-corrected chi connectivity index (χ1v) is 15.5.